The Bertz CT molecular complexity index is 889. The van der Waals surface area contributed by atoms with Gasteiger partial charge in [0.15, 0.2) is 18.5 Å². The first-order valence-electron chi connectivity index (χ1n) is 9.72. The van der Waals surface area contributed by atoms with Crippen molar-refractivity contribution in [2.24, 2.45) is 0 Å². The molecule has 1 unspecified atom stereocenters. The maximum absolute atomic E-state index is 12.6. The number of carbonyl (C=O) groups excluding carboxylic acids is 1. The molecule has 0 radical (unpaired) electrons. The quantitative estimate of drug-likeness (QED) is 0.191. The van der Waals surface area contributed by atoms with Gasteiger partial charge < -0.3 is 14.6 Å². The van der Waals surface area contributed by atoms with Crippen LogP contribution in [0.5, 0.6) is 17.2 Å². The highest BCUT2D eigenvalue weighted by molar-refractivity contribution is 5.74. The van der Waals surface area contributed by atoms with Gasteiger partial charge in [0.2, 0.25) is 0 Å². The number of nitrogens with zero attached hydrogens (tertiary/aromatic N) is 1. The van der Waals surface area contributed by atoms with Crippen molar-refractivity contribution < 1.29 is 42.1 Å². The first-order chi connectivity index (χ1) is 14.6. The van der Waals surface area contributed by atoms with Crippen molar-refractivity contribution in [2.75, 3.05) is 6.54 Å². The number of unbranched alkanes of at least 4 members (excludes halogenated alkanes) is 1. The van der Waals surface area contributed by atoms with Crippen LogP contribution in [0.2, 0.25) is 0 Å². The van der Waals surface area contributed by atoms with Crippen LogP contribution in [0.4, 0.5) is 13.2 Å². The zero-order chi connectivity index (χ0) is 23.0. The van der Waals surface area contributed by atoms with Gasteiger partial charge in [-0.25, -0.2) is 4.79 Å². The fourth-order valence-corrected chi connectivity index (χ4v) is 2.44. The second kappa shape index (κ2) is 10.7. The van der Waals surface area contributed by atoms with Crippen molar-refractivity contribution in [3.63, 3.8) is 0 Å². The molecule has 6 nitrogen and oxygen atoms in total. The maximum Gasteiger partial charge on any atom is 0.419 e. The minimum Gasteiger partial charge on any atom is -0.824 e. The third-order valence-corrected chi connectivity index (χ3v) is 4.15. The van der Waals surface area contributed by atoms with Gasteiger partial charge in [0, 0.05) is 13.3 Å². The van der Waals surface area contributed by atoms with Crippen molar-refractivity contribution in [1.29, 1.82) is 0 Å². The van der Waals surface area contributed by atoms with Crippen LogP contribution in [0.25, 0.3) is 0 Å². The lowest BCUT2D eigenvalue weighted by Gasteiger charge is -2.14. The molecule has 0 bridgehead atoms. The van der Waals surface area contributed by atoms with Crippen molar-refractivity contribution in [2.45, 2.75) is 45.9 Å². The molecular weight excluding hydrogens is 415 g/mol. The summed E-state index contributed by atoms with van der Waals surface area (Å²) < 4.78 is 49.9. The largest absolute Gasteiger partial charge is 0.824 e. The van der Waals surface area contributed by atoms with Gasteiger partial charge in [0.05, 0.1) is 5.56 Å². The highest BCUT2D eigenvalue weighted by Gasteiger charge is 2.30. The predicted molar refractivity (Wildman–Crippen MR) is 105 cm³/mol. The molecule has 0 saturated heterocycles. The smallest absolute Gasteiger partial charge is 0.419 e. The summed E-state index contributed by atoms with van der Waals surface area (Å²) in [5.41, 5.74) is -0.762. The fourth-order valence-electron chi connectivity index (χ4n) is 2.44. The van der Waals surface area contributed by atoms with Crippen molar-refractivity contribution in [3.8, 4) is 17.2 Å². The molecular formula is C22H24F3NO5. The number of ether oxygens (including phenoxy) is 2. The monoisotopic (exact) mass is 439 g/mol. The molecule has 168 valence electrons. The molecule has 0 aliphatic rings. The van der Waals surface area contributed by atoms with E-state index in [9.17, 15) is 23.1 Å². The zero-order valence-electron chi connectivity index (χ0n) is 17.4. The van der Waals surface area contributed by atoms with Gasteiger partial charge >= 0.3 is 12.1 Å². The Balaban J connectivity index is 1.94. The number of halogens is 3. The van der Waals surface area contributed by atoms with Crippen LogP contribution in [0.1, 0.15) is 39.2 Å². The van der Waals surface area contributed by atoms with Gasteiger partial charge in [0.1, 0.15) is 17.2 Å². The molecule has 1 atom stereocenters. The van der Waals surface area contributed by atoms with Crippen LogP contribution in [-0.2, 0) is 15.8 Å². The van der Waals surface area contributed by atoms with Gasteiger partial charge in [-0.15, -0.1) is 0 Å². The molecule has 0 aliphatic carbocycles. The van der Waals surface area contributed by atoms with Crippen molar-refractivity contribution in [1.82, 2.24) is 0 Å². The van der Waals surface area contributed by atoms with E-state index in [1.165, 1.54) is 26.0 Å². The molecule has 2 rings (SSSR count). The molecule has 0 aliphatic heterocycles. The molecule has 0 aromatic heterocycles. The summed E-state index contributed by atoms with van der Waals surface area (Å²) in [4.78, 5) is 17.3. The lowest BCUT2D eigenvalue weighted by Crippen LogP contribution is -2.36. The minimum absolute atomic E-state index is 0.245. The number of hydroxylamine groups is 1. The molecule has 9 heteroatoms. The third-order valence-electron chi connectivity index (χ3n) is 4.15. The Hall–Kier alpha value is -3.23. The number of carbonyl (C=O) groups is 1. The summed E-state index contributed by atoms with van der Waals surface area (Å²) in [6.45, 7) is 5.06. The van der Waals surface area contributed by atoms with Gasteiger partial charge in [-0.2, -0.15) is 18.0 Å². The summed E-state index contributed by atoms with van der Waals surface area (Å²) in [7, 11) is 0. The van der Waals surface area contributed by atoms with E-state index in [1.807, 2.05) is 6.92 Å². The molecule has 2 aromatic rings. The van der Waals surface area contributed by atoms with E-state index in [-0.39, 0.29) is 11.6 Å². The van der Waals surface area contributed by atoms with Crippen LogP contribution in [-0.4, -0.2) is 29.3 Å². The molecule has 2 aromatic carbocycles. The average Bonchev–Trinajstić information content (AvgIpc) is 2.71. The number of hydrogen-bond donors (Lipinski definition) is 0. The van der Waals surface area contributed by atoms with Crippen LogP contribution >= 0.6 is 0 Å². The second-order valence-corrected chi connectivity index (χ2v) is 6.74. The van der Waals surface area contributed by atoms with E-state index in [2.05, 4.69) is 0 Å². The van der Waals surface area contributed by atoms with E-state index >= 15 is 0 Å². The van der Waals surface area contributed by atoms with Crippen LogP contribution < -0.4 is 14.6 Å². The van der Waals surface area contributed by atoms with Crippen LogP contribution in [0.3, 0.4) is 0 Å². The number of benzene rings is 2. The lowest BCUT2D eigenvalue weighted by atomic mass is 10.2. The number of hydrogen-bond acceptors (Lipinski definition) is 5. The standard InChI is InChI=1S/C22H24F3NO5/c1-4-5-14-26(16(3)27)31-21(28)15(2)29-18-10-12-20(13-11-18)30-19-8-6-17(7-9-19)22(23,24)25/h6-13,15H,4-5,14H2,1-3H3. The van der Waals surface area contributed by atoms with E-state index in [4.69, 9.17) is 14.3 Å². The summed E-state index contributed by atoms with van der Waals surface area (Å²) in [6, 6.07) is 10.5. The highest BCUT2D eigenvalue weighted by Crippen LogP contribution is 2.31. The van der Waals surface area contributed by atoms with E-state index < -0.39 is 23.8 Å². The van der Waals surface area contributed by atoms with Crippen LogP contribution in [0, 0.1) is 0 Å². The molecule has 31 heavy (non-hydrogen) atoms. The molecule has 0 fully saturated rings. The number of rotatable bonds is 9. The highest BCUT2D eigenvalue weighted by atomic mass is 19.4. The van der Waals surface area contributed by atoms with Gasteiger partial charge in [-0.1, -0.05) is 6.92 Å². The predicted octanol–water partition coefficient (Wildman–Crippen LogP) is 4.31. The fraction of sp³-hybridized carbons (Fsp3) is 0.364. The summed E-state index contributed by atoms with van der Waals surface area (Å²) in [6.07, 6.45) is -3.84. The van der Waals surface area contributed by atoms with E-state index in [1.54, 1.807) is 24.3 Å². The average molecular weight is 439 g/mol. The maximum atomic E-state index is 12.6. The molecule has 0 saturated carbocycles. The Labute approximate surface area is 178 Å². The number of alkyl halides is 3. The van der Waals surface area contributed by atoms with Crippen molar-refractivity contribution >= 4 is 11.9 Å². The van der Waals surface area contributed by atoms with Gasteiger partial charge in [-0.05, 0) is 66.6 Å². The zero-order valence-corrected chi connectivity index (χ0v) is 17.4. The Morgan fingerprint density at radius 1 is 1.03 bits per heavy atom. The minimum atomic E-state index is -4.41. The summed E-state index contributed by atoms with van der Waals surface area (Å²) >= 11 is 0. The molecule has 0 N–H and O–H groups in total. The Morgan fingerprint density at radius 3 is 2.03 bits per heavy atom. The van der Waals surface area contributed by atoms with E-state index in [0.29, 0.717) is 24.5 Å². The third kappa shape index (κ3) is 7.51. The lowest BCUT2D eigenvalue weighted by molar-refractivity contribution is -0.777. The Morgan fingerprint density at radius 2 is 1.55 bits per heavy atom. The first kappa shape index (κ1) is 24.0. The summed E-state index contributed by atoms with van der Waals surface area (Å²) in [5, 5.41) is 11.6. The molecule has 0 spiro atoms. The second-order valence-electron chi connectivity index (χ2n) is 6.74. The van der Waals surface area contributed by atoms with Gasteiger partial charge in [-0.3, -0.25) is 0 Å². The topological polar surface area (TPSA) is 70.8 Å². The van der Waals surface area contributed by atoms with E-state index in [0.717, 1.165) is 23.3 Å². The SMILES string of the molecule is CCCC[N+](OC(=O)C(C)Oc1ccc(Oc2ccc(C(F)(F)F)cc2)cc1)=C(C)[O-]. The Kier molecular flexibility index (Phi) is 8.30. The summed E-state index contributed by atoms with van der Waals surface area (Å²) in [5.74, 6) is -0.109. The normalized spacial score (nSPS) is 13.2. The van der Waals surface area contributed by atoms with Crippen LogP contribution in [0.15, 0.2) is 48.5 Å². The molecule has 0 amide bonds. The molecule has 0 heterocycles. The van der Waals surface area contributed by atoms with Gasteiger partial charge in [0.25, 0.3) is 0 Å². The first-order valence-corrected chi connectivity index (χ1v) is 9.72. The van der Waals surface area contributed by atoms with Crippen molar-refractivity contribution in [3.05, 3.63) is 54.1 Å².